The highest BCUT2D eigenvalue weighted by Gasteiger charge is 2.07. The van der Waals surface area contributed by atoms with Gasteiger partial charge in [0.1, 0.15) is 11.3 Å². The first kappa shape index (κ1) is 10.4. The molecule has 17 heavy (non-hydrogen) atoms. The molecule has 0 fully saturated rings. The first-order valence-corrected chi connectivity index (χ1v) is 5.93. The second-order valence-corrected chi connectivity index (χ2v) is 4.69. The number of rotatable bonds is 1. The first-order valence-electron chi connectivity index (χ1n) is 5.13. The number of halogens is 1. The molecule has 0 atom stereocenters. The Morgan fingerprint density at radius 3 is 2.76 bits per heavy atom. The zero-order chi connectivity index (χ0) is 11.8. The molecule has 0 aliphatic heterocycles. The van der Waals surface area contributed by atoms with Crippen molar-refractivity contribution in [3.05, 3.63) is 47.1 Å². The van der Waals surface area contributed by atoms with Crippen molar-refractivity contribution in [1.29, 1.82) is 0 Å². The van der Waals surface area contributed by atoms with E-state index < -0.39 is 0 Å². The molecular weight excluding hydrogens is 280 g/mol. The van der Waals surface area contributed by atoms with E-state index in [1.807, 2.05) is 36.4 Å². The number of hydrogen-bond donors (Lipinski definition) is 1. The Balaban J connectivity index is 2.14. The smallest absolute Gasteiger partial charge is 0.153 e. The number of pyridine rings is 1. The minimum absolute atomic E-state index is 0.646. The molecule has 0 saturated carbocycles. The van der Waals surface area contributed by atoms with E-state index in [0.717, 1.165) is 26.9 Å². The number of hydrogen-bond acceptors (Lipinski definition) is 3. The van der Waals surface area contributed by atoms with Crippen molar-refractivity contribution in [2.75, 3.05) is 5.73 Å². The molecule has 0 saturated heterocycles. The molecule has 3 aromatic rings. The summed E-state index contributed by atoms with van der Waals surface area (Å²) >= 11 is 3.43. The molecule has 4 heteroatoms. The van der Waals surface area contributed by atoms with Crippen molar-refractivity contribution in [2.24, 2.45) is 0 Å². The fourth-order valence-electron chi connectivity index (χ4n) is 1.69. The van der Waals surface area contributed by atoms with Crippen LogP contribution in [0.25, 0.3) is 22.4 Å². The van der Waals surface area contributed by atoms with Gasteiger partial charge in [-0.2, -0.15) is 0 Å². The van der Waals surface area contributed by atoms with Gasteiger partial charge in [0.2, 0.25) is 0 Å². The van der Waals surface area contributed by atoms with Gasteiger partial charge in [-0.3, -0.25) is 4.98 Å². The molecule has 3 nitrogen and oxygen atoms in total. The Kier molecular flexibility index (Phi) is 2.37. The molecule has 84 valence electrons. The molecule has 2 N–H and O–H groups in total. The lowest BCUT2D eigenvalue weighted by molar-refractivity contribution is 0.629. The lowest BCUT2D eigenvalue weighted by atomic mass is 10.2. The molecule has 0 aliphatic carbocycles. The summed E-state index contributed by atoms with van der Waals surface area (Å²) in [6, 6.07) is 11.5. The van der Waals surface area contributed by atoms with Crippen LogP contribution in [0.2, 0.25) is 0 Å². The number of anilines is 1. The molecule has 2 heterocycles. The van der Waals surface area contributed by atoms with Gasteiger partial charge in [-0.1, -0.05) is 15.9 Å². The summed E-state index contributed by atoms with van der Waals surface area (Å²) < 4.78 is 6.75. The van der Waals surface area contributed by atoms with Crippen molar-refractivity contribution >= 4 is 32.6 Å². The molecule has 3 rings (SSSR count). The first-order chi connectivity index (χ1) is 8.22. The molecule has 0 aliphatic rings. The summed E-state index contributed by atoms with van der Waals surface area (Å²) in [6.45, 7) is 0. The highest BCUT2D eigenvalue weighted by atomic mass is 79.9. The Morgan fingerprint density at radius 1 is 1.12 bits per heavy atom. The van der Waals surface area contributed by atoms with Crippen LogP contribution in [0.3, 0.4) is 0 Å². The highest BCUT2D eigenvalue weighted by molar-refractivity contribution is 9.10. The fourth-order valence-corrected chi connectivity index (χ4v) is 2.07. The quantitative estimate of drug-likeness (QED) is 0.740. The predicted octanol–water partition coefficient (Wildman–Crippen LogP) is 3.84. The minimum atomic E-state index is 0.646. The third-order valence-corrected chi connectivity index (χ3v) is 3.01. The molecule has 0 radical (unpaired) electrons. The Morgan fingerprint density at radius 2 is 2.00 bits per heavy atom. The maximum atomic E-state index is 5.72. The van der Waals surface area contributed by atoms with Gasteiger partial charge in [-0.05, 0) is 36.4 Å². The van der Waals surface area contributed by atoms with E-state index in [0.29, 0.717) is 5.69 Å². The van der Waals surface area contributed by atoms with Gasteiger partial charge < -0.3 is 10.2 Å². The zero-order valence-corrected chi connectivity index (χ0v) is 10.4. The van der Waals surface area contributed by atoms with Crippen molar-refractivity contribution in [3.63, 3.8) is 0 Å². The molecule has 0 unspecified atom stereocenters. The topological polar surface area (TPSA) is 52.0 Å². The number of fused-ring (bicyclic) bond motifs is 1. The van der Waals surface area contributed by atoms with E-state index in [4.69, 9.17) is 10.2 Å². The van der Waals surface area contributed by atoms with Crippen LogP contribution < -0.4 is 5.73 Å². The summed E-state index contributed by atoms with van der Waals surface area (Å²) in [5.74, 6) is 0.748. The van der Waals surface area contributed by atoms with Crippen molar-refractivity contribution in [2.45, 2.75) is 0 Å². The van der Waals surface area contributed by atoms with E-state index >= 15 is 0 Å². The van der Waals surface area contributed by atoms with Crippen LogP contribution in [0, 0.1) is 0 Å². The lowest BCUT2D eigenvalue weighted by Gasteiger charge is -1.95. The normalized spacial score (nSPS) is 10.9. The van der Waals surface area contributed by atoms with Crippen LogP contribution in [-0.2, 0) is 0 Å². The van der Waals surface area contributed by atoms with Crippen LogP contribution in [-0.4, -0.2) is 4.98 Å². The summed E-state index contributed by atoms with van der Waals surface area (Å²) in [6.07, 6.45) is 1.62. The van der Waals surface area contributed by atoms with Gasteiger partial charge in [0.05, 0.1) is 11.9 Å². The van der Waals surface area contributed by atoms with Gasteiger partial charge in [-0.25, -0.2) is 0 Å². The lowest BCUT2D eigenvalue weighted by Crippen LogP contribution is -1.86. The number of furan rings is 1. The molecular formula is C13H9BrN2O. The number of nitrogen functional groups attached to an aromatic ring is 1. The zero-order valence-electron chi connectivity index (χ0n) is 8.85. The monoisotopic (exact) mass is 288 g/mol. The average molecular weight is 289 g/mol. The Bertz CT molecular complexity index is 673. The second kappa shape index (κ2) is 3.89. The van der Waals surface area contributed by atoms with Crippen molar-refractivity contribution < 1.29 is 4.42 Å². The standard InChI is InChI=1S/C13H9BrN2O/c14-9-1-4-12-8(5-9)6-13(17-12)11-3-2-10(15)7-16-11/h1-7H,15H2. The third kappa shape index (κ3) is 1.91. The van der Waals surface area contributed by atoms with Crippen LogP contribution >= 0.6 is 15.9 Å². The van der Waals surface area contributed by atoms with E-state index in [1.54, 1.807) is 6.20 Å². The molecule has 0 spiro atoms. The number of benzene rings is 1. The van der Waals surface area contributed by atoms with Gasteiger partial charge in [0.25, 0.3) is 0 Å². The summed E-state index contributed by atoms with van der Waals surface area (Å²) in [7, 11) is 0. The SMILES string of the molecule is Nc1ccc(-c2cc3cc(Br)ccc3o2)nc1. The number of aromatic nitrogens is 1. The van der Waals surface area contributed by atoms with Gasteiger partial charge in [0, 0.05) is 9.86 Å². The molecule has 0 bridgehead atoms. The van der Waals surface area contributed by atoms with Gasteiger partial charge in [-0.15, -0.1) is 0 Å². The van der Waals surface area contributed by atoms with Crippen LogP contribution in [0.5, 0.6) is 0 Å². The minimum Gasteiger partial charge on any atom is -0.454 e. The number of nitrogens with two attached hydrogens (primary N) is 1. The molecule has 2 aromatic heterocycles. The fraction of sp³-hybridized carbons (Fsp3) is 0. The van der Waals surface area contributed by atoms with Gasteiger partial charge in [0.15, 0.2) is 5.76 Å². The Hall–Kier alpha value is -1.81. The largest absolute Gasteiger partial charge is 0.454 e. The second-order valence-electron chi connectivity index (χ2n) is 3.77. The van der Waals surface area contributed by atoms with Crippen LogP contribution in [0.4, 0.5) is 5.69 Å². The predicted molar refractivity (Wildman–Crippen MR) is 71.6 cm³/mol. The van der Waals surface area contributed by atoms with E-state index in [-0.39, 0.29) is 0 Å². The average Bonchev–Trinajstić information content (AvgIpc) is 2.72. The number of nitrogens with zero attached hydrogens (tertiary/aromatic N) is 1. The van der Waals surface area contributed by atoms with Crippen molar-refractivity contribution in [3.8, 4) is 11.5 Å². The highest BCUT2D eigenvalue weighted by Crippen LogP contribution is 2.28. The maximum absolute atomic E-state index is 5.72. The third-order valence-electron chi connectivity index (χ3n) is 2.52. The van der Waals surface area contributed by atoms with Crippen LogP contribution in [0.1, 0.15) is 0 Å². The van der Waals surface area contributed by atoms with Gasteiger partial charge >= 0.3 is 0 Å². The summed E-state index contributed by atoms with van der Waals surface area (Å²) in [5, 5.41) is 1.05. The summed E-state index contributed by atoms with van der Waals surface area (Å²) in [5.41, 5.74) is 7.88. The summed E-state index contributed by atoms with van der Waals surface area (Å²) in [4.78, 5) is 4.24. The molecule has 1 aromatic carbocycles. The maximum Gasteiger partial charge on any atom is 0.153 e. The van der Waals surface area contributed by atoms with Crippen LogP contribution in [0.15, 0.2) is 51.5 Å². The van der Waals surface area contributed by atoms with Crippen molar-refractivity contribution in [1.82, 2.24) is 4.98 Å². The van der Waals surface area contributed by atoms with E-state index in [2.05, 4.69) is 20.9 Å². The molecule has 0 amide bonds. The Labute approximate surface area is 106 Å². The van der Waals surface area contributed by atoms with E-state index in [9.17, 15) is 0 Å². The van der Waals surface area contributed by atoms with E-state index in [1.165, 1.54) is 0 Å².